The normalized spacial score (nSPS) is 18.9. The Kier molecular flexibility index (Phi) is 5.12. The van der Waals surface area contributed by atoms with Crippen LogP contribution in [0.1, 0.15) is 27.9 Å². The van der Waals surface area contributed by atoms with Crippen molar-refractivity contribution < 1.29 is 13.2 Å². The van der Waals surface area contributed by atoms with E-state index < -0.39 is 10.0 Å². The van der Waals surface area contributed by atoms with E-state index in [0.717, 1.165) is 16.9 Å². The van der Waals surface area contributed by atoms with Crippen LogP contribution in [0.2, 0.25) is 0 Å². The van der Waals surface area contributed by atoms with Crippen LogP contribution in [-0.4, -0.2) is 72.7 Å². The molecule has 2 aliphatic rings. The molecule has 2 aliphatic heterocycles. The van der Waals surface area contributed by atoms with Crippen molar-refractivity contribution in [1.82, 2.24) is 19.9 Å². The molecule has 2 fully saturated rings. The maximum atomic E-state index is 12.8. The van der Waals surface area contributed by atoms with Crippen molar-refractivity contribution in [3.05, 3.63) is 41.3 Å². The van der Waals surface area contributed by atoms with Crippen LogP contribution in [0.4, 0.5) is 11.8 Å². The lowest BCUT2D eigenvalue weighted by Gasteiger charge is -2.36. The number of carbonyl (C=O) groups excluding carboxylic acids is 1. The van der Waals surface area contributed by atoms with Gasteiger partial charge in [-0.05, 0) is 31.4 Å². The van der Waals surface area contributed by atoms with Crippen LogP contribution in [0.5, 0.6) is 0 Å². The predicted molar refractivity (Wildman–Crippen MR) is 110 cm³/mol. The number of aromatic nitrogens is 3. The Morgan fingerprint density at radius 2 is 1.66 bits per heavy atom. The van der Waals surface area contributed by atoms with E-state index in [9.17, 15) is 13.2 Å². The van der Waals surface area contributed by atoms with E-state index >= 15 is 0 Å². The van der Waals surface area contributed by atoms with Gasteiger partial charge in [0.15, 0.2) is 0 Å². The lowest BCUT2D eigenvalue weighted by atomic mass is 10.2. The van der Waals surface area contributed by atoms with Crippen LogP contribution in [0.25, 0.3) is 0 Å². The number of hydrogen-bond donors (Lipinski definition) is 0. The molecule has 0 saturated carbocycles. The van der Waals surface area contributed by atoms with Gasteiger partial charge in [0.25, 0.3) is 5.91 Å². The number of sulfonamides is 1. The van der Waals surface area contributed by atoms with Gasteiger partial charge in [0.2, 0.25) is 16.0 Å². The second-order valence-electron chi connectivity index (χ2n) is 7.45. The summed E-state index contributed by atoms with van der Waals surface area (Å²) in [6, 6.07) is 2.11. The molecule has 0 aromatic carbocycles. The van der Waals surface area contributed by atoms with Gasteiger partial charge in [0.1, 0.15) is 5.82 Å². The van der Waals surface area contributed by atoms with E-state index in [1.807, 2.05) is 20.0 Å². The fourth-order valence-electron chi connectivity index (χ4n) is 3.77. The molecule has 0 aliphatic carbocycles. The third-order valence-electron chi connectivity index (χ3n) is 5.26. The maximum absolute atomic E-state index is 12.8. The summed E-state index contributed by atoms with van der Waals surface area (Å²) in [6.07, 6.45) is 5.25. The number of carbonyl (C=O) groups is 1. The number of piperazine rings is 1. The first-order valence-electron chi connectivity index (χ1n) is 9.65. The number of nitrogens with zero attached hydrogens (tertiary/aromatic N) is 6. The largest absolute Gasteiger partial charge is 0.353 e. The molecule has 2 saturated heterocycles. The summed E-state index contributed by atoms with van der Waals surface area (Å²) in [5.74, 6) is 1.05. The molecule has 10 heteroatoms. The smallest absolute Gasteiger partial charge is 0.257 e. The lowest BCUT2D eigenvalue weighted by Crippen LogP contribution is -2.49. The quantitative estimate of drug-likeness (QED) is 0.736. The van der Waals surface area contributed by atoms with Crippen LogP contribution in [-0.2, 0) is 10.0 Å². The zero-order valence-electron chi connectivity index (χ0n) is 16.6. The van der Waals surface area contributed by atoms with Gasteiger partial charge in [-0.3, -0.25) is 4.79 Å². The van der Waals surface area contributed by atoms with Crippen molar-refractivity contribution in [2.24, 2.45) is 0 Å². The van der Waals surface area contributed by atoms with Crippen molar-refractivity contribution in [3.8, 4) is 0 Å². The molecule has 0 radical (unpaired) electrons. The molecule has 0 unspecified atom stereocenters. The Bertz CT molecular complexity index is 1020. The number of anilines is 2. The van der Waals surface area contributed by atoms with Crippen molar-refractivity contribution >= 4 is 27.7 Å². The summed E-state index contributed by atoms with van der Waals surface area (Å²) < 4.78 is 25.2. The zero-order valence-corrected chi connectivity index (χ0v) is 17.4. The summed E-state index contributed by atoms with van der Waals surface area (Å²) >= 11 is 0. The van der Waals surface area contributed by atoms with Gasteiger partial charge < -0.3 is 9.80 Å². The number of aryl methyl sites for hydroxylation is 2. The Balaban J connectivity index is 1.41. The Morgan fingerprint density at radius 3 is 2.24 bits per heavy atom. The van der Waals surface area contributed by atoms with Crippen LogP contribution in [0.3, 0.4) is 0 Å². The van der Waals surface area contributed by atoms with Gasteiger partial charge in [0.05, 0.1) is 11.3 Å². The highest BCUT2D eigenvalue weighted by Crippen LogP contribution is 2.21. The highest BCUT2D eigenvalue weighted by molar-refractivity contribution is 7.93. The molecule has 0 spiro atoms. The summed E-state index contributed by atoms with van der Waals surface area (Å²) in [4.78, 5) is 29.5. The van der Waals surface area contributed by atoms with Gasteiger partial charge in [0, 0.05) is 51.3 Å². The fraction of sp³-hybridized carbons (Fsp3) is 0.474. The first-order valence-corrected chi connectivity index (χ1v) is 11.3. The molecule has 0 bridgehead atoms. The van der Waals surface area contributed by atoms with Crippen molar-refractivity contribution in [1.29, 1.82) is 0 Å². The zero-order chi connectivity index (χ0) is 20.6. The average Bonchev–Trinajstić information content (AvgIpc) is 3.07. The van der Waals surface area contributed by atoms with Crippen molar-refractivity contribution in [2.75, 3.05) is 47.7 Å². The monoisotopic (exact) mass is 416 g/mol. The van der Waals surface area contributed by atoms with E-state index in [2.05, 4.69) is 25.9 Å². The third-order valence-corrected chi connectivity index (χ3v) is 7.08. The molecular formula is C19H24N6O3S. The van der Waals surface area contributed by atoms with E-state index in [1.54, 1.807) is 4.90 Å². The van der Waals surface area contributed by atoms with Gasteiger partial charge in [-0.1, -0.05) is 6.07 Å². The summed E-state index contributed by atoms with van der Waals surface area (Å²) in [7, 11) is -3.33. The maximum Gasteiger partial charge on any atom is 0.257 e. The molecule has 9 nitrogen and oxygen atoms in total. The minimum absolute atomic E-state index is 0.108. The number of hydrogen-bond acceptors (Lipinski definition) is 7. The third kappa shape index (κ3) is 3.89. The summed E-state index contributed by atoms with van der Waals surface area (Å²) in [6.45, 7) is 7.01. The molecular weight excluding hydrogens is 392 g/mol. The minimum atomic E-state index is -3.33. The average molecular weight is 417 g/mol. The van der Waals surface area contributed by atoms with Crippen LogP contribution in [0, 0.1) is 13.8 Å². The second kappa shape index (κ2) is 7.58. The van der Waals surface area contributed by atoms with E-state index in [1.165, 1.54) is 16.7 Å². The highest BCUT2D eigenvalue weighted by atomic mass is 32.2. The topological polar surface area (TPSA) is 99.6 Å². The summed E-state index contributed by atoms with van der Waals surface area (Å²) in [5.41, 5.74) is 2.62. The van der Waals surface area contributed by atoms with Crippen molar-refractivity contribution in [2.45, 2.75) is 20.3 Å². The van der Waals surface area contributed by atoms with Crippen molar-refractivity contribution in [3.63, 3.8) is 0 Å². The van der Waals surface area contributed by atoms with Gasteiger partial charge in [-0.2, -0.15) is 0 Å². The fourth-order valence-corrected chi connectivity index (χ4v) is 5.23. The highest BCUT2D eigenvalue weighted by Gasteiger charge is 2.31. The van der Waals surface area contributed by atoms with Gasteiger partial charge >= 0.3 is 0 Å². The predicted octanol–water partition coefficient (Wildman–Crippen LogP) is 0.991. The molecule has 0 atom stereocenters. The number of amides is 1. The van der Waals surface area contributed by atoms with E-state index in [4.69, 9.17) is 0 Å². The van der Waals surface area contributed by atoms with Gasteiger partial charge in [-0.25, -0.2) is 27.7 Å². The molecule has 29 heavy (non-hydrogen) atoms. The van der Waals surface area contributed by atoms with Crippen LogP contribution >= 0.6 is 0 Å². The molecule has 0 N–H and O–H groups in total. The number of pyridine rings is 1. The molecule has 154 valence electrons. The SMILES string of the molecule is Cc1cnc(N2CCN(C(=O)c3cnc(N4CCCS4(=O)=O)nc3)CC2)c(C)c1. The molecule has 4 rings (SSSR count). The van der Waals surface area contributed by atoms with E-state index in [0.29, 0.717) is 44.7 Å². The van der Waals surface area contributed by atoms with Crippen LogP contribution in [0.15, 0.2) is 24.7 Å². The molecule has 1 amide bonds. The Labute approximate surface area is 170 Å². The Morgan fingerprint density at radius 1 is 0.966 bits per heavy atom. The first kappa shape index (κ1) is 19.6. The standard InChI is InChI=1S/C19H24N6O3S/c1-14-10-15(2)17(20-11-14)23-5-7-24(8-6-23)18(26)16-12-21-19(22-13-16)25-4-3-9-29(25,27)28/h10-13H,3-9H2,1-2H3. The minimum Gasteiger partial charge on any atom is -0.353 e. The van der Waals surface area contributed by atoms with Crippen LogP contribution < -0.4 is 9.21 Å². The molecule has 2 aromatic heterocycles. The summed E-state index contributed by atoms with van der Waals surface area (Å²) in [5, 5.41) is 0. The molecule has 4 heterocycles. The Hall–Kier alpha value is -2.75. The second-order valence-corrected chi connectivity index (χ2v) is 9.46. The van der Waals surface area contributed by atoms with E-state index in [-0.39, 0.29) is 17.6 Å². The number of rotatable bonds is 3. The lowest BCUT2D eigenvalue weighted by molar-refractivity contribution is 0.0745. The first-order chi connectivity index (χ1) is 13.8. The molecule has 2 aromatic rings. The van der Waals surface area contributed by atoms with Gasteiger partial charge in [-0.15, -0.1) is 0 Å².